The number of carbonyl (C=O) groups excluding carboxylic acids is 3. The van der Waals surface area contributed by atoms with Gasteiger partial charge in [-0.15, -0.1) is 0 Å². The third kappa shape index (κ3) is 3.74. The fourth-order valence-electron chi connectivity index (χ4n) is 4.70. The van der Waals surface area contributed by atoms with Crippen LogP contribution in [0.2, 0.25) is 0 Å². The summed E-state index contributed by atoms with van der Waals surface area (Å²) < 4.78 is 10.6. The number of allylic oxidation sites excluding steroid dienone is 2. The number of hydrogen-bond acceptors (Lipinski definition) is 5. The number of amides is 1. The zero-order valence-electron chi connectivity index (χ0n) is 17.5. The van der Waals surface area contributed by atoms with Crippen molar-refractivity contribution in [2.24, 2.45) is 11.8 Å². The molecule has 1 amide bonds. The fraction of sp³-hybridized carbons (Fsp3) is 0.320. The summed E-state index contributed by atoms with van der Waals surface area (Å²) in [5.41, 5.74) is 2.97. The fourth-order valence-corrected chi connectivity index (χ4v) is 4.70. The quantitative estimate of drug-likeness (QED) is 0.564. The number of hydrogen-bond donors (Lipinski definition) is 1. The lowest BCUT2D eigenvalue weighted by Crippen LogP contribution is -2.45. The van der Waals surface area contributed by atoms with Crippen LogP contribution in [0, 0.1) is 11.8 Å². The standard InChI is InChI=1S/C25H25NO5/c1-3-30-24(28)21-17-13-14-18(22(21)25(29)31-4-2)20-16(17)11-8-12-19(20)26-23(27)15-9-6-5-7-10-15/h5-14,17-18,21-22H,3-4H2,1-2H3,(H,26,27)/t17-,18+,21+,22-/m0/s1. The molecule has 6 nitrogen and oxygen atoms in total. The van der Waals surface area contributed by atoms with Crippen LogP contribution >= 0.6 is 0 Å². The van der Waals surface area contributed by atoms with E-state index in [9.17, 15) is 14.4 Å². The molecule has 2 bridgehead atoms. The third-order valence-electron chi connectivity index (χ3n) is 5.92. The highest BCUT2D eigenvalue weighted by Crippen LogP contribution is 2.54. The minimum atomic E-state index is -0.698. The van der Waals surface area contributed by atoms with Crippen LogP contribution in [0.1, 0.15) is 47.2 Å². The van der Waals surface area contributed by atoms with E-state index in [1.807, 2.05) is 36.4 Å². The Morgan fingerprint density at radius 1 is 0.806 bits per heavy atom. The van der Waals surface area contributed by atoms with Gasteiger partial charge in [-0.25, -0.2) is 0 Å². The van der Waals surface area contributed by atoms with Crippen LogP contribution < -0.4 is 5.32 Å². The first-order valence-corrected chi connectivity index (χ1v) is 10.6. The normalized spacial score (nSPS) is 23.0. The highest BCUT2D eigenvalue weighted by atomic mass is 16.5. The van der Waals surface area contributed by atoms with Gasteiger partial charge >= 0.3 is 11.9 Å². The molecule has 6 heteroatoms. The minimum Gasteiger partial charge on any atom is -0.466 e. The van der Waals surface area contributed by atoms with E-state index in [1.165, 1.54) is 0 Å². The smallest absolute Gasteiger partial charge is 0.310 e. The first-order chi connectivity index (χ1) is 15.1. The Balaban J connectivity index is 1.75. The van der Waals surface area contributed by atoms with Gasteiger partial charge in [-0.2, -0.15) is 0 Å². The minimum absolute atomic E-state index is 0.227. The molecule has 5 rings (SSSR count). The molecule has 0 saturated heterocycles. The van der Waals surface area contributed by atoms with Crippen molar-refractivity contribution in [2.75, 3.05) is 18.5 Å². The largest absolute Gasteiger partial charge is 0.466 e. The summed E-state index contributed by atoms with van der Waals surface area (Å²) in [6.45, 7) is 3.96. The maximum absolute atomic E-state index is 12.9. The van der Waals surface area contributed by atoms with Gasteiger partial charge < -0.3 is 14.8 Å². The molecule has 0 aliphatic heterocycles. The second-order valence-corrected chi connectivity index (χ2v) is 7.62. The molecule has 0 spiro atoms. The Morgan fingerprint density at radius 3 is 2.06 bits per heavy atom. The second-order valence-electron chi connectivity index (χ2n) is 7.62. The SMILES string of the molecule is CCOC(=O)[C@@H]1[C@H](C(=O)OCC)[C@H]2C=C[C@@H]1c1c(NC(=O)c3ccccc3)cccc12. The van der Waals surface area contributed by atoms with E-state index in [1.54, 1.807) is 38.1 Å². The highest BCUT2D eigenvalue weighted by molar-refractivity contribution is 6.05. The molecule has 2 aromatic rings. The molecule has 0 aromatic heterocycles. The van der Waals surface area contributed by atoms with Gasteiger partial charge in [0.25, 0.3) is 5.91 Å². The lowest BCUT2D eigenvalue weighted by Gasteiger charge is -2.44. The number of anilines is 1. The molecule has 0 heterocycles. The van der Waals surface area contributed by atoms with Crippen LogP contribution in [-0.2, 0) is 19.1 Å². The molecule has 2 aromatic carbocycles. The molecule has 0 saturated carbocycles. The Hall–Kier alpha value is -3.41. The molecule has 1 N–H and O–H groups in total. The monoisotopic (exact) mass is 419 g/mol. The molecule has 0 unspecified atom stereocenters. The van der Waals surface area contributed by atoms with Crippen molar-refractivity contribution in [3.8, 4) is 0 Å². The number of rotatable bonds is 6. The molecule has 3 aliphatic carbocycles. The molecule has 160 valence electrons. The molecule has 0 radical (unpaired) electrons. The summed E-state index contributed by atoms with van der Waals surface area (Å²) in [6, 6.07) is 14.6. The summed E-state index contributed by atoms with van der Waals surface area (Å²) in [5, 5.41) is 2.99. The predicted octanol–water partition coefficient (Wildman–Crippen LogP) is 4.05. The van der Waals surface area contributed by atoms with E-state index in [2.05, 4.69) is 5.32 Å². The number of nitrogens with one attached hydrogen (secondary N) is 1. The summed E-state index contributed by atoms with van der Waals surface area (Å²) >= 11 is 0. The Labute approximate surface area is 181 Å². The first kappa shape index (κ1) is 20.8. The number of fused-ring (bicyclic) bond motifs is 1. The Morgan fingerprint density at radius 2 is 1.42 bits per heavy atom. The lowest BCUT2D eigenvalue weighted by atomic mass is 9.59. The van der Waals surface area contributed by atoms with Crippen LogP contribution in [0.25, 0.3) is 0 Å². The Bertz CT molecular complexity index is 1030. The van der Waals surface area contributed by atoms with Gasteiger partial charge in [0, 0.05) is 23.1 Å². The average Bonchev–Trinajstić information content (AvgIpc) is 2.79. The van der Waals surface area contributed by atoms with Gasteiger partial charge in [0.1, 0.15) is 0 Å². The van der Waals surface area contributed by atoms with Gasteiger partial charge in [0.15, 0.2) is 0 Å². The topological polar surface area (TPSA) is 81.7 Å². The van der Waals surface area contributed by atoms with Gasteiger partial charge in [-0.3, -0.25) is 14.4 Å². The van der Waals surface area contributed by atoms with Crippen LogP contribution in [0.5, 0.6) is 0 Å². The van der Waals surface area contributed by atoms with Crippen molar-refractivity contribution in [1.29, 1.82) is 0 Å². The van der Waals surface area contributed by atoms with Crippen molar-refractivity contribution in [3.05, 3.63) is 77.4 Å². The molecular weight excluding hydrogens is 394 g/mol. The number of ether oxygens (including phenoxy) is 2. The zero-order chi connectivity index (χ0) is 22.0. The van der Waals surface area contributed by atoms with E-state index in [0.717, 1.165) is 11.1 Å². The van der Waals surface area contributed by atoms with Crippen LogP contribution in [0.3, 0.4) is 0 Å². The maximum Gasteiger partial charge on any atom is 0.310 e. The van der Waals surface area contributed by atoms with E-state index in [-0.39, 0.29) is 31.0 Å². The van der Waals surface area contributed by atoms with Gasteiger partial charge in [-0.1, -0.05) is 42.5 Å². The van der Waals surface area contributed by atoms with Crippen molar-refractivity contribution in [3.63, 3.8) is 0 Å². The molecule has 31 heavy (non-hydrogen) atoms. The summed E-state index contributed by atoms with van der Waals surface area (Å²) in [7, 11) is 0. The molecule has 0 fully saturated rings. The molecule has 4 atom stereocenters. The van der Waals surface area contributed by atoms with Crippen LogP contribution in [0.4, 0.5) is 5.69 Å². The number of benzene rings is 2. The Kier molecular flexibility index (Phi) is 5.89. The van der Waals surface area contributed by atoms with Crippen LogP contribution in [-0.4, -0.2) is 31.1 Å². The third-order valence-corrected chi connectivity index (χ3v) is 5.92. The predicted molar refractivity (Wildman–Crippen MR) is 116 cm³/mol. The van der Waals surface area contributed by atoms with Crippen LogP contribution in [0.15, 0.2) is 60.7 Å². The van der Waals surface area contributed by atoms with E-state index < -0.39 is 23.8 Å². The van der Waals surface area contributed by atoms with E-state index in [4.69, 9.17) is 9.47 Å². The van der Waals surface area contributed by atoms with Gasteiger partial charge in [-0.05, 0) is 43.2 Å². The van der Waals surface area contributed by atoms with Gasteiger partial charge in [0.05, 0.1) is 25.0 Å². The van der Waals surface area contributed by atoms with Crippen molar-refractivity contribution in [2.45, 2.75) is 25.7 Å². The average molecular weight is 419 g/mol. The first-order valence-electron chi connectivity index (χ1n) is 10.6. The van der Waals surface area contributed by atoms with E-state index >= 15 is 0 Å². The summed E-state index contributed by atoms with van der Waals surface area (Å²) in [6.07, 6.45) is 3.91. The maximum atomic E-state index is 12.9. The second kappa shape index (κ2) is 8.76. The number of esters is 2. The zero-order valence-corrected chi connectivity index (χ0v) is 17.5. The van der Waals surface area contributed by atoms with Crippen molar-refractivity contribution < 1.29 is 23.9 Å². The molecular formula is C25H25NO5. The summed E-state index contributed by atoms with van der Waals surface area (Å²) in [5.74, 6) is -3.10. The highest BCUT2D eigenvalue weighted by Gasteiger charge is 2.52. The van der Waals surface area contributed by atoms with E-state index in [0.29, 0.717) is 11.3 Å². The lowest BCUT2D eigenvalue weighted by molar-refractivity contribution is -0.162. The van der Waals surface area contributed by atoms with Crippen molar-refractivity contribution in [1.82, 2.24) is 0 Å². The van der Waals surface area contributed by atoms with Gasteiger partial charge in [0.2, 0.25) is 0 Å². The number of carbonyl (C=O) groups is 3. The van der Waals surface area contributed by atoms with Crippen molar-refractivity contribution >= 4 is 23.5 Å². The summed E-state index contributed by atoms with van der Waals surface area (Å²) in [4.78, 5) is 38.5. The molecule has 3 aliphatic rings.